The molecule has 2 aliphatic rings. The molecule has 0 radical (unpaired) electrons. The maximum Gasteiger partial charge on any atom is 0.143 e. The van der Waals surface area contributed by atoms with Gasteiger partial charge >= 0.3 is 0 Å². The van der Waals surface area contributed by atoms with Gasteiger partial charge in [0.05, 0.1) is 12.8 Å². The molecular weight excluding hydrogens is 415 g/mol. The maximum atomic E-state index is 6.08. The molecule has 2 aliphatic heterocycles. The van der Waals surface area contributed by atoms with Crippen molar-refractivity contribution >= 4 is 34.2 Å². The molecule has 0 bridgehead atoms. The Labute approximate surface area is 159 Å². The molecular formula is C18H29IN4O. The number of piperazine rings is 1. The van der Waals surface area contributed by atoms with Crippen molar-refractivity contribution in [2.24, 2.45) is 0 Å². The largest absolute Gasteiger partial charge is 0.495 e. The van der Waals surface area contributed by atoms with Crippen molar-refractivity contribution in [3.63, 3.8) is 0 Å². The predicted octanol–water partition coefficient (Wildman–Crippen LogP) is 2.78. The van der Waals surface area contributed by atoms with Crippen molar-refractivity contribution < 1.29 is 4.74 Å². The first kappa shape index (κ1) is 18.1. The standard InChI is InChI=1S/C18H29IN4O/c1-3-14-12-16(20)18(24-2)13-17(14)22-6-4-15(5-7-22)21-8-10-23(19)11-9-21/h12-13,15H,3-11,20H2,1-2H3. The van der Waals surface area contributed by atoms with Crippen molar-refractivity contribution in [3.8, 4) is 5.75 Å². The highest BCUT2D eigenvalue weighted by Gasteiger charge is 2.28. The Balaban J connectivity index is 1.66. The average molecular weight is 444 g/mol. The molecule has 2 saturated heterocycles. The van der Waals surface area contributed by atoms with Crippen molar-refractivity contribution in [2.75, 3.05) is 57.0 Å². The van der Waals surface area contributed by atoms with Gasteiger partial charge in [-0.2, -0.15) is 0 Å². The normalized spacial score (nSPS) is 21.2. The van der Waals surface area contributed by atoms with Gasteiger partial charge in [-0.05, 0) is 30.9 Å². The van der Waals surface area contributed by atoms with Gasteiger partial charge in [-0.3, -0.25) is 4.90 Å². The van der Waals surface area contributed by atoms with Gasteiger partial charge < -0.3 is 15.4 Å². The van der Waals surface area contributed by atoms with Crippen LogP contribution in [0.5, 0.6) is 5.75 Å². The van der Waals surface area contributed by atoms with Crippen LogP contribution < -0.4 is 15.4 Å². The van der Waals surface area contributed by atoms with Gasteiger partial charge in [0, 0.05) is 79.9 Å². The van der Waals surface area contributed by atoms with Crippen LogP contribution in [0.2, 0.25) is 0 Å². The molecule has 0 spiro atoms. The second-order valence-corrected chi connectivity index (χ2v) is 8.11. The SMILES string of the molecule is CCc1cc(N)c(OC)cc1N1CCC(N2CCN(I)CC2)CC1. The van der Waals surface area contributed by atoms with Gasteiger partial charge in [-0.25, -0.2) is 3.11 Å². The van der Waals surface area contributed by atoms with E-state index in [0.29, 0.717) is 0 Å². The highest BCUT2D eigenvalue weighted by atomic mass is 127. The summed E-state index contributed by atoms with van der Waals surface area (Å²) in [4.78, 5) is 5.21. The van der Waals surface area contributed by atoms with Crippen molar-refractivity contribution in [1.29, 1.82) is 0 Å². The smallest absolute Gasteiger partial charge is 0.143 e. The fraction of sp³-hybridized carbons (Fsp3) is 0.667. The topological polar surface area (TPSA) is 45.0 Å². The summed E-state index contributed by atoms with van der Waals surface area (Å²) in [6.45, 7) is 9.24. The average Bonchev–Trinajstić information content (AvgIpc) is 2.62. The second kappa shape index (κ2) is 8.10. The number of benzene rings is 1. The Morgan fingerprint density at radius 2 is 1.79 bits per heavy atom. The lowest BCUT2D eigenvalue weighted by Gasteiger charge is -2.42. The van der Waals surface area contributed by atoms with E-state index < -0.39 is 0 Å². The monoisotopic (exact) mass is 444 g/mol. The Morgan fingerprint density at radius 3 is 2.38 bits per heavy atom. The van der Waals surface area contributed by atoms with Crippen molar-refractivity contribution in [1.82, 2.24) is 8.01 Å². The van der Waals surface area contributed by atoms with Gasteiger partial charge in [0.15, 0.2) is 0 Å². The number of rotatable bonds is 4. The third-order valence-electron chi connectivity index (χ3n) is 5.39. The van der Waals surface area contributed by atoms with Crippen LogP contribution in [-0.2, 0) is 6.42 Å². The fourth-order valence-corrected chi connectivity index (χ4v) is 4.35. The first-order chi connectivity index (χ1) is 11.6. The summed E-state index contributed by atoms with van der Waals surface area (Å²) in [6.07, 6.45) is 3.50. The van der Waals surface area contributed by atoms with Gasteiger partial charge in [0.1, 0.15) is 5.75 Å². The number of nitrogens with zero attached hydrogens (tertiary/aromatic N) is 3. The van der Waals surface area contributed by atoms with E-state index in [1.807, 2.05) is 0 Å². The molecule has 1 aromatic rings. The number of piperidine rings is 1. The van der Waals surface area contributed by atoms with Crippen LogP contribution in [-0.4, -0.2) is 60.4 Å². The molecule has 2 N–H and O–H groups in total. The number of aryl methyl sites for hydroxylation is 1. The zero-order valence-electron chi connectivity index (χ0n) is 14.8. The van der Waals surface area contributed by atoms with Gasteiger partial charge in [0.25, 0.3) is 0 Å². The third-order valence-corrected chi connectivity index (χ3v) is 6.36. The van der Waals surface area contributed by atoms with Crippen molar-refractivity contribution in [3.05, 3.63) is 17.7 Å². The molecule has 24 heavy (non-hydrogen) atoms. The first-order valence-electron chi connectivity index (χ1n) is 8.98. The molecule has 2 fully saturated rings. The minimum atomic E-state index is 0.740. The molecule has 2 heterocycles. The lowest BCUT2D eigenvalue weighted by atomic mass is 9.99. The second-order valence-electron chi connectivity index (χ2n) is 6.74. The molecule has 134 valence electrons. The Kier molecular flexibility index (Phi) is 6.10. The zero-order chi connectivity index (χ0) is 17.1. The molecule has 0 saturated carbocycles. The predicted molar refractivity (Wildman–Crippen MR) is 109 cm³/mol. The van der Waals surface area contributed by atoms with E-state index >= 15 is 0 Å². The molecule has 1 aromatic carbocycles. The summed E-state index contributed by atoms with van der Waals surface area (Å²) in [5.41, 5.74) is 9.45. The number of ether oxygens (including phenoxy) is 1. The Morgan fingerprint density at radius 1 is 1.12 bits per heavy atom. The van der Waals surface area contributed by atoms with E-state index in [2.05, 4.69) is 54.8 Å². The number of hydrogen-bond donors (Lipinski definition) is 1. The number of halogens is 1. The number of methoxy groups -OCH3 is 1. The molecule has 6 heteroatoms. The van der Waals surface area contributed by atoms with E-state index in [1.54, 1.807) is 7.11 Å². The molecule has 0 atom stereocenters. The van der Waals surface area contributed by atoms with Crippen LogP contribution in [0.15, 0.2) is 12.1 Å². The van der Waals surface area contributed by atoms with Crippen LogP contribution in [0, 0.1) is 0 Å². The van der Waals surface area contributed by atoms with E-state index in [-0.39, 0.29) is 0 Å². The van der Waals surface area contributed by atoms with Crippen LogP contribution >= 0.6 is 22.9 Å². The highest BCUT2D eigenvalue weighted by molar-refractivity contribution is 14.1. The lowest BCUT2D eigenvalue weighted by Crippen LogP contribution is -2.51. The number of nitrogen functional groups attached to an aromatic ring is 1. The van der Waals surface area contributed by atoms with E-state index in [9.17, 15) is 0 Å². The van der Waals surface area contributed by atoms with Gasteiger partial charge in [-0.1, -0.05) is 6.92 Å². The summed E-state index contributed by atoms with van der Waals surface area (Å²) < 4.78 is 7.84. The lowest BCUT2D eigenvalue weighted by molar-refractivity contribution is 0.129. The van der Waals surface area contributed by atoms with Crippen molar-refractivity contribution in [2.45, 2.75) is 32.2 Å². The molecule has 0 aromatic heterocycles. The van der Waals surface area contributed by atoms with Crippen LogP contribution in [0.4, 0.5) is 11.4 Å². The van der Waals surface area contributed by atoms with Crippen LogP contribution in [0.3, 0.4) is 0 Å². The van der Waals surface area contributed by atoms with Crippen LogP contribution in [0.25, 0.3) is 0 Å². The van der Waals surface area contributed by atoms with Crippen LogP contribution in [0.1, 0.15) is 25.3 Å². The molecule has 3 rings (SSSR count). The molecule has 0 amide bonds. The van der Waals surface area contributed by atoms with E-state index in [4.69, 9.17) is 10.5 Å². The zero-order valence-corrected chi connectivity index (χ0v) is 17.0. The van der Waals surface area contributed by atoms with Gasteiger partial charge in [0.2, 0.25) is 0 Å². The quantitative estimate of drug-likeness (QED) is 0.440. The summed E-state index contributed by atoms with van der Waals surface area (Å²) in [5, 5.41) is 0. The third kappa shape index (κ3) is 3.91. The molecule has 0 unspecified atom stereocenters. The summed E-state index contributed by atoms with van der Waals surface area (Å²) >= 11 is 2.44. The number of anilines is 2. The van der Waals surface area contributed by atoms with E-state index in [1.165, 1.54) is 50.3 Å². The summed E-state index contributed by atoms with van der Waals surface area (Å²) in [7, 11) is 1.69. The Hall–Kier alpha value is -0.730. The molecule has 0 aliphatic carbocycles. The number of hydrogen-bond acceptors (Lipinski definition) is 5. The van der Waals surface area contributed by atoms with Gasteiger partial charge in [-0.15, -0.1) is 0 Å². The number of nitrogens with two attached hydrogens (primary N) is 1. The fourth-order valence-electron chi connectivity index (χ4n) is 3.92. The summed E-state index contributed by atoms with van der Waals surface area (Å²) in [6, 6.07) is 4.95. The minimum absolute atomic E-state index is 0.740. The van der Waals surface area contributed by atoms with E-state index in [0.717, 1.165) is 37.0 Å². The Bertz CT molecular complexity index is 552. The molecule has 5 nitrogen and oxygen atoms in total. The first-order valence-corrected chi connectivity index (χ1v) is 9.95. The maximum absolute atomic E-state index is 6.08. The highest BCUT2D eigenvalue weighted by Crippen LogP contribution is 2.34. The summed E-state index contributed by atoms with van der Waals surface area (Å²) in [5.74, 6) is 0.794. The minimum Gasteiger partial charge on any atom is -0.495 e.